The second-order valence-corrected chi connectivity index (χ2v) is 11.2. The van der Waals surface area contributed by atoms with Crippen LogP contribution in [0.5, 0.6) is 0 Å². The molecule has 2 aromatic rings. The van der Waals surface area contributed by atoms with Gasteiger partial charge in [-0.05, 0) is 51.3 Å². The number of fused-ring (bicyclic) bond motifs is 1. The number of aromatic nitrogens is 1. The van der Waals surface area contributed by atoms with E-state index in [1.165, 1.54) is 4.90 Å². The number of amides is 2. The zero-order chi connectivity index (χ0) is 25.4. The van der Waals surface area contributed by atoms with Crippen LogP contribution in [0.3, 0.4) is 0 Å². The fraction of sp³-hybridized carbons (Fsp3) is 0.565. The van der Waals surface area contributed by atoms with E-state index in [2.05, 4.69) is 4.99 Å². The van der Waals surface area contributed by atoms with Crippen LogP contribution >= 0.6 is 11.3 Å². The van der Waals surface area contributed by atoms with Gasteiger partial charge in [0.2, 0.25) is 5.91 Å². The Hall–Kier alpha value is -2.57. The Bertz CT molecular complexity index is 1240. The average molecular weight is 526 g/mol. The van der Waals surface area contributed by atoms with Crippen LogP contribution in [0.4, 0.5) is 0 Å². The van der Waals surface area contributed by atoms with Gasteiger partial charge in [0, 0.05) is 26.2 Å². The summed E-state index contributed by atoms with van der Waals surface area (Å²) in [5.74, 6) is -3.33. The Morgan fingerprint density at radius 3 is 2.49 bits per heavy atom. The molecule has 0 aliphatic carbocycles. The minimum absolute atomic E-state index is 0.249. The number of hydrogen-bond acceptors (Lipinski definition) is 8. The van der Waals surface area contributed by atoms with E-state index in [9.17, 15) is 22.8 Å². The molecule has 12 heteroatoms. The highest BCUT2D eigenvalue weighted by atomic mass is 32.2. The van der Waals surface area contributed by atoms with Gasteiger partial charge in [0.1, 0.15) is 11.5 Å². The quantitative estimate of drug-likeness (QED) is 0.342. The van der Waals surface area contributed by atoms with Crippen molar-refractivity contribution in [3.8, 4) is 0 Å². The molecule has 0 bridgehead atoms. The van der Waals surface area contributed by atoms with Crippen LogP contribution < -0.4 is 4.80 Å². The number of likely N-dealkylation sites (tertiary alicyclic amines) is 1. The molecule has 3 rings (SSSR count). The van der Waals surface area contributed by atoms with Crippen LogP contribution in [0.25, 0.3) is 10.2 Å². The molecule has 1 aromatic carbocycles. The molecule has 0 spiro atoms. The number of rotatable bonds is 10. The van der Waals surface area contributed by atoms with Gasteiger partial charge in [-0.25, -0.2) is 13.2 Å². The van der Waals surface area contributed by atoms with Crippen molar-refractivity contribution in [3.05, 3.63) is 28.6 Å². The number of sulfone groups is 1. The zero-order valence-corrected chi connectivity index (χ0v) is 21.7. The molecule has 1 aliphatic heterocycles. The lowest BCUT2D eigenvalue weighted by atomic mass is 10.1. The summed E-state index contributed by atoms with van der Waals surface area (Å²) in [7, 11) is -3.96. The Morgan fingerprint density at radius 2 is 1.80 bits per heavy atom. The lowest BCUT2D eigenvalue weighted by molar-refractivity contribution is -0.129. The Balaban J connectivity index is 1.84. The smallest absolute Gasteiger partial charge is 0.338 e. The van der Waals surface area contributed by atoms with Gasteiger partial charge in [-0.1, -0.05) is 11.3 Å². The lowest BCUT2D eigenvalue weighted by Crippen LogP contribution is -2.40. The summed E-state index contributed by atoms with van der Waals surface area (Å²) in [5, 5.41) is 0. The molecule has 0 N–H and O–H groups in total. The number of hydrogen-bond donors (Lipinski definition) is 0. The van der Waals surface area contributed by atoms with Crippen molar-refractivity contribution in [3.63, 3.8) is 0 Å². The predicted molar refractivity (Wildman–Crippen MR) is 132 cm³/mol. The molecule has 1 aromatic heterocycles. The molecule has 1 fully saturated rings. The summed E-state index contributed by atoms with van der Waals surface area (Å²) >= 11 is 1.16. The molecule has 192 valence electrons. The first kappa shape index (κ1) is 27.0. The van der Waals surface area contributed by atoms with E-state index in [-0.39, 0.29) is 6.61 Å². The first-order valence-electron chi connectivity index (χ1n) is 11.7. The highest BCUT2D eigenvalue weighted by Gasteiger charge is 2.25. The summed E-state index contributed by atoms with van der Waals surface area (Å²) < 4.78 is 38.0. The summed E-state index contributed by atoms with van der Waals surface area (Å²) in [6.07, 6.45) is 2.73. The second-order valence-electron chi connectivity index (χ2n) is 8.12. The van der Waals surface area contributed by atoms with Crippen LogP contribution in [0.1, 0.15) is 43.5 Å². The van der Waals surface area contributed by atoms with Crippen molar-refractivity contribution < 1.29 is 32.3 Å². The zero-order valence-electron chi connectivity index (χ0n) is 20.0. The van der Waals surface area contributed by atoms with Crippen molar-refractivity contribution in [2.75, 3.05) is 44.4 Å². The number of piperidine rings is 1. The molecule has 35 heavy (non-hydrogen) atoms. The number of carbonyl (C=O) groups excluding carboxylic acids is 3. The summed E-state index contributed by atoms with van der Waals surface area (Å²) in [4.78, 5) is 43.0. The van der Waals surface area contributed by atoms with Crippen molar-refractivity contribution in [2.45, 2.75) is 39.7 Å². The Kier molecular flexibility index (Phi) is 9.58. The van der Waals surface area contributed by atoms with Gasteiger partial charge in [-0.3, -0.25) is 9.59 Å². The van der Waals surface area contributed by atoms with E-state index in [1.807, 2.05) is 6.92 Å². The van der Waals surface area contributed by atoms with Gasteiger partial charge in [-0.15, -0.1) is 0 Å². The van der Waals surface area contributed by atoms with Gasteiger partial charge in [-0.2, -0.15) is 4.99 Å². The third-order valence-corrected chi connectivity index (χ3v) is 7.89. The van der Waals surface area contributed by atoms with Crippen molar-refractivity contribution >= 4 is 49.2 Å². The highest BCUT2D eigenvalue weighted by molar-refractivity contribution is 7.92. The SMILES string of the molecule is CCOCCn1c(=NC(=O)CS(=O)(=O)CC(=O)N2CCCCC2)sc2cc(C(=O)OCC)ccc21. The number of nitrogens with zero attached hydrogens (tertiary/aromatic N) is 3. The van der Waals surface area contributed by atoms with Gasteiger partial charge in [0.05, 0.1) is 29.0 Å². The maximum atomic E-state index is 12.6. The summed E-state index contributed by atoms with van der Waals surface area (Å²) in [6.45, 7) is 6.20. The van der Waals surface area contributed by atoms with E-state index in [0.29, 0.717) is 47.9 Å². The van der Waals surface area contributed by atoms with Crippen molar-refractivity contribution in [2.24, 2.45) is 4.99 Å². The van der Waals surface area contributed by atoms with Crippen molar-refractivity contribution in [1.82, 2.24) is 9.47 Å². The maximum Gasteiger partial charge on any atom is 0.338 e. The highest BCUT2D eigenvalue weighted by Crippen LogP contribution is 2.20. The fourth-order valence-electron chi connectivity index (χ4n) is 3.82. The van der Waals surface area contributed by atoms with E-state index in [0.717, 1.165) is 36.1 Å². The molecule has 0 saturated carbocycles. The molecule has 2 heterocycles. The molecule has 0 radical (unpaired) electrons. The van der Waals surface area contributed by atoms with Crippen LogP contribution in [0.2, 0.25) is 0 Å². The predicted octanol–water partition coefficient (Wildman–Crippen LogP) is 1.77. The maximum absolute atomic E-state index is 12.6. The number of carbonyl (C=O) groups is 3. The van der Waals surface area contributed by atoms with Crippen LogP contribution in [0.15, 0.2) is 23.2 Å². The van der Waals surface area contributed by atoms with Gasteiger partial charge >= 0.3 is 5.97 Å². The minimum atomic E-state index is -3.96. The first-order chi connectivity index (χ1) is 16.7. The van der Waals surface area contributed by atoms with Crippen LogP contribution in [0, 0.1) is 0 Å². The third kappa shape index (κ3) is 7.45. The molecule has 10 nitrogen and oxygen atoms in total. The van der Waals surface area contributed by atoms with Gasteiger partial charge < -0.3 is 18.9 Å². The normalized spacial score (nSPS) is 14.9. The van der Waals surface area contributed by atoms with E-state index < -0.39 is 39.1 Å². The number of ether oxygens (including phenoxy) is 2. The van der Waals surface area contributed by atoms with Gasteiger partial charge in [0.15, 0.2) is 14.6 Å². The number of esters is 1. The minimum Gasteiger partial charge on any atom is -0.462 e. The molecule has 1 aliphatic rings. The standard InChI is InChI=1S/C23H31N3O7S2/c1-3-32-13-12-26-18-9-8-17(22(29)33-4-2)14-19(18)34-23(26)24-20(27)15-35(30,31)16-21(28)25-10-6-5-7-11-25/h8-9,14H,3-7,10-13,15-16H2,1-2H3. The molecule has 2 amide bonds. The molecule has 0 unspecified atom stereocenters. The van der Waals surface area contributed by atoms with E-state index >= 15 is 0 Å². The Labute approximate surface area is 208 Å². The second kappa shape index (κ2) is 12.4. The molecule has 1 saturated heterocycles. The van der Waals surface area contributed by atoms with Gasteiger partial charge in [0.25, 0.3) is 5.91 Å². The summed E-state index contributed by atoms with van der Waals surface area (Å²) in [6, 6.07) is 5.03. The lowest BCUT2D eigenvalue weighted by Gasteiger charge is -2.26. The molecule has 0 atom stereocenters. The monoisotopic (exact) mass is 525 g/mol. The molecular weight excluding hydrogens is 494 g/mol. The molecular formula is C23H31N3O7S2. The first-order valence-corrected chi connectivity index (χ1v) is 14.3. The number of benzene rings is 1. The van der Waals surface area contributed by atoms with E-state index in [4.69, 9.17) is 9.47 Å². The third-order valence-electron chi connectivity index (χ3n) is 5.47. The average Bonchev–Trinajstić information content (AvgIpc) is 3.15. The van der Waals surface area contributed by atoms with E-state index in [1.54, 1.807) is 29.7 Å². The largest absolute Gasteiger partial charge is 0.462 e. The fourth-order valence-corrected chi connectivity index (χ4v) is 6.03. The van der Waals surface area contributed by atoms with Crippen LogP contribution in [-0.4, -0.2) is 80.1 Å². The summed E-state index contributed by atoms with van der Waals surface area (Å²) in [5.41, 5.74) is 1.10. The Morgan fingerprint density at radius 1 is 1.06 bits per heavy atom. The van der Waals surface area contributed by atoms with Crippen molar-refractivity contribution in [1.29, 1.82) is 0 Å². The number of thiazole rings is 1. The van der Waals surface area contributed by atoms with Crippen LogP contribution in [-0.2, 0) is 35.4 Å². The topological polar surface area (TPSA) is 124 Å².